The number of aliphatic hydroxyl groups is 2. The summed E-state index contributed by atoms with van der Waals surface area (Å²) in [5.41, 5.74) is 0. The quantitative estimate of drug-likeness (QED) is 0.0331. The van der Waals surface area contributed by atoms with Gasteiger partial charge in [0.05, 0.1) is 25.2 Å². The van der Waals surface area contributed by atoms with Crippen LogP contribution in [0.4, 0.5) is 0 Å². The summed E-state index contributed by atoms with van der Waals surface area (Å²) in [6.45, 7) is 6.25. The number of rotatable bonds is 38. The minimum atomic E-state index is -0.800. The second kappa shape index (κ2) is 41.5. The average molecular weight is 754 g/mol. The van der Waals surface area contributed by atoms with Crippen LogP contribution in [0.25, 0.3) is 0 Å². The van der Waals surface area contributed by atoms with Crippen molar-refractivity contribution in [1.82, 2.24) is 5.32 Å². The predicted molar refractivity (Wildman–Crippen MR) is 231 cm³/mol. The molecule has 0 saturated carbocycles. The normalized spacial score (nSPS) is 14.1. The van der Waals surface area contributed by atoms with Crippen LogP contribution in [0.5, 0.6) is 0 Å². The van der Waals surface area contributed by atoms with Gasteiger partial charge >= 0.3 is 5.97 Å². The molecule has 0 aliphatic rings. The second-order valence-corrected chi connectivity index (χ2v) is 14.8. The van der Waals surface area contributed by atoms with Crippen molar-refractivity contribution >= 4 is 11.9 Å². The number of esters is 1. The summed E-state index contributed by atoms with van der Waals surface area (Å²) < 4.78 is 5.87. The van der Waals surface area contributed by atoms with Gasteiger partial charge in [0.15, 0.2) is 0 Å². The Kier molecular flexibility index (Phi) is 39.4. The number of hydrogen-bond acceptors (Lipinski definition) is 5. The fraction of sp³-hybridized carbons (Fsp3) is 0.708. The van der Waals surface area contributed by atoms with E-state index in [4.69, 9.17) is 4.74 Å². The zero-order valence-electron chi connectivity index (χ0n) is 35.1. The molecule has 0 aromatic rings. The van der Waals surface area contributed by atoms with E-state index >= 15 is 0 Å². The lowest BCUT2D eigenvalue weighted by Crippen LogP contribution is -2.46. The summed E-state index contributed by atoms with van der Waals surface area (Å²) in [6.07, 6.45) is 51.0. The van der Waals surface area contributed by atoms with Gasteiger partial charge in [-0.25, -0.2) is 0 Å². The van der Waals surface area contributed by atoms with Crippen LogP contribution >= 0.6 is 0 Å². The number of aliphatic hydroxyl groups excluding tert-OH is 2. The second-order valence-electron chi connectivity index (χ2n) is 14.8. The first-order valence-electron chi connectivity index (χ1n) is 22.2. The lowest BCUT2D eigenvalue weighted by atomic mass is 10.0. The fourth-order valence-corrected chi connectivity index (χ4v) is 6.25. The van der Waals surface area contributed by atoms with Gasteiger partial charge in [-0.2, -0.15) is 0 Å². The highest BCUT2D eigenvalue weighted by Crippen LogP contribution is 2.16. The van der Waals surface area contributed by atoms with E-state index in [1.54, 1.807) is 0 Å². The minimum absolute atomic E-state index is 0.0444. The van der Waals surface area contributed by atoms with Crippen molar-refractivity contribution in [3.8, 4) is 0 Å². The van der Waals surface area contributed by atoms with E-state index < -0.39 is 18.2 Å². The highest BCUT2D eigenvalue weighted by atomic mass is 16.5. The highest BCUT2D eigenvalue weighted by molar-refractivity contribution is 5.77. The average Bonchev–Trinajstić information content (AvgIpc) is 3.16. The van der Waals surface area contributed by atoms with Crippen molar-refractivity contribution in [2.24, 2.45) is 0 Å². The number of carbonyl (C=O) groups is 2. The van der Waals surface area contributed by atoms with Gasteiger partial charge in [-0.3, -0.25) is 9.59 Å². The van der Waals surface area contributed by atoms with E-state index in [1.807, 2.05) is 30.4 Å². The molecule has 0 saturated heterocycles. The van der Waals surface area contributed by atoms with Crippen LogP contribution in [-0.2, 0) is 14.3 Å². The molecule has 0 bridgehead atoms. The van der Waals surface area contributed by atoms with Gasteiger partial charge in [-0.05, 0) is 70.6 Å². The highest BCUT2D eigenvalue weighted by Gasteiger charge is 2.24. The molecule has 6 nitrogen and oxygen atoms in total. The Balaban J connectivity index is 4.74. The van der Waals surface area contributed by atoms with Crippen LogP contribution in [-0.4, -0.2) is 46.9 Å². The molecule has 1 amide bonds. The minimum Gasteiger partial charge on any atom is -0.462 e. The standard InChI is InChI=1S/C48H83NO5/c1-4-7-10-13-16-19-21-23-25-28-30-33-36-39-44(54-48(53)41-38-35-32-29-26-24-22-20-17-14-11-8-5-2)42-47(52)49-45(43-50)46(51)40-37-34-31-27-18-15-12-9-6-3/h8,11,14,16-17,19-24,26,44-46,50-51H,4-7,9-10,12-13,15,18,25,27-43H2,1-3H3,(H,49,52)/b11-8+,17-14+,19-16+,22-20-,23-21+,26-24-. The molecular weight excluding hydrogens is 671 g/mol. The molecule has 0 fully saturated rings. The monoisotopic (exact) mass is 754 g/mol. The molecule has 0 aromatic heterocycles. The van der Waals surface area contributed by atoms with Gasteiger partial charge in [0, 0.05) is 6.42 Å². The van der Waals surface area contributed by atoms with E-state index in [0.717, 1.165) is 89.9 Å². The van der Waals surface area contributed by atoms with E-state index in [2.05, 4.69) is 68.6 Å². The molecule has 0 aliphatic carbocycles. The lowest BCUT2D eigenvalue weighted by Gasteiger charge is -2.24. The number of nitrogens with one attached hydrogen (secondary N) is 1. The number of carbonyl (C=O) groups excluding carboxylic acids is 2. The third-order valence-corrected chi connectivity index (χ3v) is 9.64. The third-order valence-electron chi connectivity index (χ3n) is 9.64. The van der Waals surface area contributed by atoms with Crippen LogP contribution in [0, 0.1) is 0 Å². The SMILES string of the molecule is CC/C=C/C=C/C=C\C=C/CCCCCC(=O)OC(CCCCCC/C=C/C=C/CCCCC)CC(=O)NC(CO)C(O)CCCCCCCCCCC. The van der Waals surface area contributed by atoms with E-state index in [0.29, 0.717) is 19.3 Å². The van der Waals surface area contributed by atoms with Crippen LogP contribution in [0.15, 0.2) is 72.9 Å². The Hall–Kier alpha value is -2.70. The molecule has 0 radical (unpaired) electrons. The van der Waals surface area contributed by atoms with Crippen molar-refractivity contribution in [2.45, 2.75) is 212 Å². The van der Waals surface area contributed by atoms with Gasteiger partial charge in [0.1, 0.15) is 6.10 Å². The number of hydrogen-bond donors (Lipinski definition) is 3. The van der Waals surface area contributed by atoms with Crippen molar-refractivity contribution < 1.29 is 24.5 Å². The maximum absolute atomic E-state index is 13.1. The van der Waals surface area contributed by atoms with Gasteiger partial charge in [-0.1, -0.05) is 184 Å². The molecule has 6 heteroatoms. The molecule has 0 aromatic carbocycles. The number of allylic oxidation sites excluding steroid dienone is 12. The molecule has 0 heterocycles. The fourth-order valence-electron chi connectivity index (χ4n) is 6.25. The van der Waals surface area contributed by atoms with Crippen LogP contribution in [0.3, 0.4) is 0 Å². The van der Waals surface area contributed by atoms with E-state index in [1.165, 1.54) is 57.8 Å². The Bertz CT molecular complexity index is 1030. The number of amides is 1. The van der Waals surface area contributed by atoms with Crippen molar-refractivity contribution in [3.63, 3.8) is 0 Å². The van der Waals surface area contributed by atoms with Crippen molar-refractivity contribution in [1.29, 1.82) is 0 Å². The number of ether oxygens (including phenoxy) is 1. The predicted octanol–water partition coefficient (Wildman–Crippen LogP) is 12.7. The largest absolute Gasteiger partial charge is 0.462 e. The van der Waals surface area contributed by atoms with Crippen LogP contribution in [0.2, 0.25) is 0 Å². The van der Waals surface area contributed by atoms with Gasteiger partial charge in [0.25, 0.3) is 0 Å². The molecule has 0 rings (SSSR count). The summed E-state index contributed by atoms with van der Waals surface area (Å²) in [5.74, 6) is -0.549. The van der Waals surface area contributed by atoms with Gasteiger partial charge in [0.2, 0.25) is 5.91 Å². The Morgan fingerprint density at radius 3 is 1.57 bits per heavy atom. The van der Waals surface area contributed by atoms with Crippen molar-refractivity contribution in [3.05, 3.63) is 72.9 Å². The summed E-state index contributed by atoms with van der Waals surface area (Å²) in [5, 5.41) is 23.5. The molecule has 3 atom stereocenters. The molecule has 310 valence electrons. The topological polar surface area (TPSA) is 95.9 Å². The molecule has 0 spiro atoms. The smallest absolute Gasteiger partial charge is 0.306 e. The first kappa shape index (κ1) is 51.3. The summed E-state index contributed by atoms with van der Waals surface area (Å²) >= 11 is 0. The Morgan fingerprint density at radius 1 is 0.556 bits per heavy atom. The molecule has 54 heavy (non-hydrogen) atoms. The zero-order valence-corrected chi connectivity index (χ0v) is 35.1. The molecule has 3 N–H and O–H groups in total. The molecule has 0 aliphatic heterocycles. The maximum atomic E-state index is 13.1. The molecular formula is C48H83NO5. The lowest BCUT2D eigenvalue weighted by molar-refractivity contribution is -0.151. The van der Waals surface area contributed by atoms with E-state index in [-0.39, 0.29) is 24.9 Å². The summed E-state index contributed by atoms with van der Waals surface area (Å²) in [7, 11) is 0. The maximum Gasteiger partial charge on any atom is 0.306 e. The summed E-state index contributed by atoms with van der Waals surface area (Å²) in [6, 6.07) is -0.717. The Morgan fingerprint density at radius 2 is 1.00 bits per heavy atom. The summed E-state index contributed by atoms with van der Waals surface area (Å²) in [4.78, 5) is 25.9. The Labute approximate surface area is 332 Å². The van der Waals surface area contributed by atoms with Crippen molar-refractivity contribution in [2.75, 3.05) is 6.61 Å². The first-order chi connectivity index (χ1) is 26.5. The third kappa shape index (κ3) is 36.3. The molecule has 3 unspecified atom stereocenters. The van der Waals surface area contributed by atoms with Gasteiger partial charge in [-0.15, -0.1) is 0 Å². The first-order valence-corrected chi connectivity index (χ1v) is 22.2. The number of unbranched alkanes of at least 4 members (excludes halogenated alkanes) is 18. The van der Waals surface area contributed by atoms with Crippen LogP contribution in [0.1, 0.15) is 194 Å². The zero-order chi connectivity index (χ0) is 39.6. The van der Waals surface area contributed by atoms with E-state index in [9.17, 15) is 19.8 Å². The van der Waals surface area contributed by atoms with Gasteiger partial charge < -0.3 is 20.3 Å². The van der Waals surface area contributed by atoms with Crippen LogP contribution < -0.4 is 5.32 Å².